The van der Waals surface area contributed by atoms with E-state index in [2.05, 4.69) is 20.3 Å². The van der Waals surface area contributed by atoms with E-state index in [-0.39, 0.29) is 16.5 Å². The SMILES string of the molecule is CCCS(=O)(=O)Nc1ccc(Cl)c(C(=O)Nc2ccc(NC3CC3)nc2)c1F. The first-order valence-electron chi connectivity index (χ1n) is 8.81. The van der Waals surface area contributed by atoms with Crippen molar-refractivity contribution in [3.05, 3.63) is 46.9 Å². The fraction of sp³-hybridized carbons (Fsp3) is 0.333. The molecule has 10 heteroatoms. The van der Waals surface area contributed by atoms with Crippen LogP contribution >= 0.6 is 11.6 Å². The third kappa shape index (κ3) is 5.11. The second-order valence-electron chi connectivity index (χ2n) is 6.51. The van der Waals surface area contributed by atoms with Crippen molar-refractivity contribution in [3.63, 3.8) is 0 Å². The summed E-state index contributed by atoms with van der Waals surface area (Å²) in [5.74, 6) is -1.31. The third-order valence-corrected chi connectivity index (χ3v) is 5.80. The lowest BCUT2D eigenvalue weighted by Crippen LogP contribution is -2.20. The molecule has 3 N–H and O–H groups in total. The van der Waals surface area contributed by atoms with Gasteiger partial charge in [0.25, 0.3) is 5.91 Å². The van der Waals surface area contributed by atoms with Gasteiger partial charge in [0.15, 0.2) is 5.82 Å². The number of rotatable bonds is 8. The largest absolute Gasteiger partial charge is 0.367 e. The maximum absolute atomic E-state index is 14.8. The van der Waals surface area contributed by atoms with Crippen molar-refractivity contribution in [3.8, 4) is 0 Å². The molecule has 1 fully saturated rings. The highest BCUT2D eigenvalue weighted by molar-refractivity contribution is 7.92. The van der Waals surface area contributed by atoms with E-state index in [4.69, 9.17) is 11.6 Å². The molecule has 1 aliphatic carbocycles. The highest BCUT2D eigenvalue weighted by Gasteiger charge is 2.23. The molecule has 0 atom stereocenters. The van der Waals surface area contributed by atoms with Crippen molar-refractivity contribution in [2.75, 3.05) is 21.1 Å². The lowest BCUT2D eigenvalue weighted by Gasteiger charge is -2.13. The lowest BCUT2D eigenvalue weighted by molar-refractivity contribution is 0.102. The highest BCUT2D eigenvalue weighted by atomic mass is 35.5. The third-order valence-electron chi connectivity index (χ3n) is 4.01. The number of nitrogens with zero attached hydrogens (tertiary/aromatic N) is 1. The predicted molar refractivity (Wildman–Crippen MR) is 108 cm³/mol. The number of carbonyl (C=O) groups is 1. The van der Waals surface area contributed by atoms with Gasteiger partial charge in [-0.2, -0.15) is 0 Å². The zero-order chi connectivity index (χ0) is 20.3. The molecule has 0 spiro atoms. The van der Waals surface area contributed by atoms with Crippen LogP contribution in [-0.4, -0.2) is 31.1 Å². The van der Waals surface area contributed by atoms with Crippen molar-refractivity contribution in [2.45, 2.75) is 32.2 Å². The van der Waals surface area contributed by atoms with Crippen LogP contribution in [0.25, 0.3) is 0 Å². The minimum atomic E-state index is -3.71. The number of halogens is 2. The summed E-state index contributed by atoms with van der Waals surface area (Å²) in [5, 5.41) is 5.60. The van der Waals surface area contributed by atoms with Crippen molar-refractivity contribution in [2.24, 2.45) is 0 Å². The van der Waals surface area contributed by atoms with E-state index >= 15 is 0 Å². The molecule has 28 heavy (non-hydrogen) atoms. The molecule has 3 rings (SSSR count). The molecule has 1 aromatic carbocycles. The number of hydrogen-bond acceptors (Lipinski definition) is 5. The topological polar surface area (TPSA) is 100 Å². The number of aromatic nitrogens is 1. The minimum Gasteiger partial charge on any atom is -0.367 e. The van der Waals surface area contributed by atoms with Gasteiger partial charge in [-0.15, -0.1) is 0 Å². The molecular weight excluding hydrogens is 407 g/mol. The highest BCUT2D eigenvalue weighted by Crippen LogP contribution is 2.28. The van der Waals surface area contributed by atoms with E-state index in [0.29, 0.717) is 24.0 Å². The Morgan fingerprint density at radius 2 is 2.04 bits per heavy atom. The normalized spacial score (nSPS) is 13.8. The fourth-order valence-corrected chi connectivity index (χ4v) is 3.87. The second-order valence-corrected chi connectivity index (χ2v) is 8.76. The number of nitrogens with one attached hydrogen (secondary N) is 3. The minimum absolute atomic E-state index is 0.131. The second kappa shape index (κ2) is 8.32. The van der Waals surface area contributed by atoms with Crippen LogP contribution < -0.4 is 15.4 Å². The van der Waals surface area contributed by atoms with E-state index < -0.39 is 27.3 Å². The van der Waals surface area contributed by atoms with Crippen molar-refractivity contribution in [1.29, 1.82) is 0 Å². The maximum atomic E-state index is 14.8. The first-order valence-corrected chi connectivity index (χ1v) is 10.8. The van der Waals surface area contributed by atoms with E-state index in [9.17, 15) is 17.6 Å². The summed E-state index contributed by atoms with van der Waals surface area (Å²) in [6, 6.07) is 6.24. The number of pyridine rings is 1. The van der Waals surface area contributed by atoms with Gasteiger partial charge in [0.1, 0.15) is 5.82 Å². The molecule has 1 amide bonds. The van der Waals surface area contributed by atoms with Crippen LogP contribution in [0.3, 0.4) is 0 Å². The van der Waals surface area contributed by atoms with Crippen LogP contribution in [0.1, 0.15) is 36.5 Å². The Hall–Kier alpha value is -2.39. The standard InChI is InChI=1S/C18H20ClFN4O3S/c1-2-9-28(26,27)24-14-7-6-13(19)16(17(14)20)18(25)23-12-5-8-15(21-10-12)22-11-3-4-11/h5-8,10-11,24H,2-4,9H2,1H3,(H,21,22)(H,23,25). The molecule has 150 valence electrons. The molecule has 1 aromatic heterocycles. The first-order chi connectivity index (χ1) is 13.3. The fourth-order valence-electron chi connectivity index (χ4n) is 2.51. The number of sulfonamides is 1. The molecule has 0 radical (unpaired) electrons. The van der Waals surface area contributed by atoms with Gasteiger partial charge in [-0.05, 0) is 43.5 Å². The summed E-state index contributed by atoms with van der Waals surface area (Å²) >= 11 is 5.98. The van der Waals surface area contributed by atoms with Crippen LogP contribution in [0, 0.1) is 5.82 Å². The first kappa shape index (κ1) is 20.3. The Morgan fingerprint density at radius 1 is 1.29 bits per heavy atom. The van der Waals surface area contributed by atoms with Gasteiger partial charge in [-0.3, -0.25) is 9.52 Å². The van der Waals surface area contributed by atoms with Gasteiger partial charge in [0.2, 0.25) is 10.0 Å². The molecule has 7 nitrogen and oxygen atoms in total. The zero-order valence-corrected chi connectivity index (χ0v) is 16.7. The number of hydrogen-bond donors (Lipinski definition) is 3. The quantitative estimate of drug-likeness (QED) is 0.595. The number of benzene rings is 1. The van der Waals surface area contributed by atoms with Crippen LogP contribution in [-0.2, 0) is 10.0 Å². The Balaban J connectivity index is 1.77. The maximum Gasteiger partial charge on any atom is 0.260 e. The number of carbonyl (C=O) groups excluding carboxylic acids is 1. The van der Waals surface area contributed by atoms with Gasteiger partial charge >= 0.3 is 0 Å². The monoisotopic (exact) mass is 426 g/mol. The Morgan fingerprint density at radius 3 is 2.64 bits per heavy atom. The molecule has 1 aliphatic rings. The molecule has 1 heterocycles. The van der Waals surface area contributed by atoms with Gasteiger partial charge in [-0.25, -0.2) is 17.8 Å². The molecule has 0 aliphatic heterocycles. The molecular formula is C18H20ClFN4O3S. The van der Waals surface area contributed by atoms with Crippen molar-refractivity contribution in [1.82, 2.24) is 4.98 Å². The van der Waals surface area contributed by atoms with Gasteiger partial charge in [-0.1, -0.05) is 18.5 Å². The van der Waals surface area contributed by atoms with Crippen LogP contribution in [0.4, 0.5) is 21.6 Å². The van der Waals surface area contributed by atoms with Crippen LogP contribution in [0.2, 0.25) is 5.02 Å². The summed E-state index contributed by atoms with van der Waals surface area (Å²) in [5.41, 5.74) is -0.414. The molecule has 0 unspecified atom stereocenters. The zero-order valence-electron chi connectivity index (χ0n) is 15.1. The average Bonchev–Trinajstić information content (AvgIpc) is 3.43. The summed E-state index contributed by atoms with van der Waals surface area (Å²) in [6.45, 7) is 1.69. The Labute approximate surface area is 167 Å². The van der Waals surface area contributed by atoms with Gasteiger partial charge in [0, 0.05) is 6.04 Å². The predicted octanol–water partition coefficient (Wildman–Crippen LogP) is 3.85. The van der Waals surface area contributed by atoms with Crippen molar-refractivity contribution < 1.29 is 17.6 Å². The Kier molecular flexibility index (Phi) is 6.04. The van der Waals surface area contributed by atoms with E-state index in [1.807, 2.05) is 0 Å². The molecule has 1 saturated carbocycles. The van der Waals surface area contributed by atoms with Gasteiger partial charge < -0.3 is 10.6 Å². The smallest absolute Gasteiger partial charge is 0.260 e. The van der Waals surface area contributed by atoms with E-state index in [1.165, 1.54) is 18.3 Å². The summed E-state index contributed by atoms with van der Waals surface area (Å²) in [4.78, 5) is 16.7. The molecule has 0 saturated heterocycles. The van der Waals surface area contributed by atoms with Crippen LogP contribution in [0.5, 0.6) is 0 Å². The van der Waals surface area contributed by atoms with Crippen LogP contribution in [0.15, 0.2) is 30.5 Å². The lowest BCUT2D eigenvalue weighted by atomic mass is 10.1. The molecule has 0 bridgehead atoms. The number of amides is 1. The summed E-state index contributed by atoms with van der Waals surface area (Å²) in [7, 11) is -3.71. The van der Waals surface area contributed by atoms with Gasteiger partial charge in [0.05, 0.1) is 33.9 Å². The van der Waals surface area contributed by atoms with Crippen molar-refractivity contribution >= 4 is 44.7 Å². The summed E-state index contributed by atoms with van der Waals surface area (Å²) in [6.07, 6.45) is 4.03. The van der Waals surface area contributed by atoms with E-state index in [0.717, 1.165) is 12.8 Å². The molecule has 2 aromatic rings. The number of anilines is 3. The average molecular weight is 427 g/mol. The summed E-state index contributed by atoms with van der Waals surface area (Å²) < 4.78 is 40.7. The Bertz CT molecular complexity index is 979. The van der Waals surface area contributed by atoms with E-state index in [1.54, 1.807) is 19.1 Å².